The van der Waals surface area contributed by atoms with E-state index in [2.05, 4.69) is 12.2 Å². The molecule has 2 unspecified atom stereocenters. The number of methoxy groups -OCH3 is 1. The van der Waals surface area contributed by atoms with Crippen molar-refractivity contribution in [2.24, 2.45) is 5.92 Å². The van der Waals surface area contributed by atoms with Crippen molar-refractivity contribution in [3.05, 3.63) is 0 Å². The van der Waals surface area contributed by atoms with Gasteiger partial charge in [-0.05, 0) is 19.3 Å². The zero-order valence-electron chi connectivity index (χ0n) is 10.0. The summed E-state index contributed by atoms with van der Waals surface area (Å²) in [6.45, 7) is 3.48. The van der Waals surface area contributed by atoms with Gasteiger partial charge in [-0.2, -0.15) is 0 Å². The fraction of sp³-hybridized carbons (Fsp3) is 1.00. The Labute approximate surface area is 93.2 Å². The van der Waals surface area contributed by atoms with Gasteiger partial charge < -0.3 is 15.2 Å². The van der Waals surface area contributed by atoms with E-state index >= 15 is 0 Å². The Bertz CT molecular complexity index is 158. The fourth-order valence-corrected chi connectivity index (χ4v) is 2.36. The average molecular weight is 215 g/mol. The quantitative estimate of drug-likeness (QED) is 0.677. The van der Waals surface area contributed by atoms with Crippen LogP contribution in [0.2, 0.25) is 0 Å². The van der Waals surface area contributed by atoms with Crippen molar-refractivity contribution in [1.29, 1.82) is 0 Å². The highest BCUT2D eigenvalue weighted by Gasteiger charge is 2.18. The zero-order valence-corrected chi connectivity index (χ0v) is 10.0. The van der Waals surface area contributed by atoms with Crippen molar-refractivity contribution < 1.29 is 9.84 Å². The van der Waals surface area contributed by atoms with Crippen molar-refractivity contribution in [2.45, 2.75) is 51.2 Å². The fourth-order valence-electron chi connectivity index (χ4n) is 2.36. The zero-order chi connectivity index (χ0) is 11.1. The molecule has 0 aliphatic heterocycles. The highest BCUT2D eigenvalue weighted by molar-refractivity contribution is 4.73. The van der Waals surface area contributed by atoms with Crippen LogP contribution in [0.25, 0.3) is 0 Å². The van der Waals surface area contributed by atoms with Gasteiger partial charge in [0.05, 0.1) is 12.7 Å². The first-order valence-corrected chi connectivity index (χ1v) is 6.12. The molecular weight excluding hydrogens is 190 g/mol. The second-order valence-electron chi connectivity index (χ2n) is 4.80. The molecule has 3 heteroatoms. The molecule has 15 heavy (non-hydrogen) atoms. The molecule has 1 rings (SSSR count). The van der Waals surface area contributed by atoms with E-state index in [4.69, 9.17) is 4.74 Å². The Morgan fingerprint density at radius 1 is 1.40 bits per heavy atom. The van der Waals surface area contributed by atoms with E-state index in [0.29, 0.717) is 19.2 Å². The standard InChI is InChI=1S/C12H25NO2/c1-10(9-15-2)13-8-12(14)7-11-5-3-4-6-11/h10-14H,3-9H2,1-2H3. The third-order valence-electron chi connectivity index (χ3n) is 3.20. The number of aliphatic hydroxyl groups is 1. The van der Waals surface area contributed by atoms with E-state index in [-0.39, 0.29) is 6.10 Å². The van der Waals surface area contributed by atoms with Gasteiger partial charge in [0.1, 0.15) is 0 Å². The Balaban J connectivity index is 2.04. The summed E-state index contributed by atoms with van der Waals surface area (Å²) in [7, 11) is 1.70. The van der Waals surface area contributed by atoms with Crippen LogP contribution >= 0.6 is 0 Å². The second kappa shape index (κ2) is 7.20. The summed E-state index contributed by atoms with van der Waals surface area (Å²) in [5, 5.41) is 13.1. The van der Waals surface area contributed by atoms with Gasteiger partial charge in [-0.15, -0.1) is 0 Å². The molecule has 90 valence electrons. The minimum atomic E-state index is -0.188. The lowest BCUT2D eigenvalue weighted by Gasteiger charge is -2.18. The minimum absolute atomic E-state index is 0.188. The second-order valence-corrected chi connectivity index (χ2v) is 4.80. The van der Waals surface area contributed by atoms with Crippen molar-refractivity contribution in [1.82, 2.24) is 5.32 Å². The molecule has 0 bridgehead atoms. The first-order chi connectivity index (χ1) is 7.22. The van der Waals surface area contributed by atoms with Crippen LogP contribution < -0.4 is 5.32 Å². The Kier molecular flexibility index (Phi) is 6.22. The maximum atomic E-state index is 9.82. The molecule has 0 amide bonds. The average Bonchev–Trinajstić information content (AvgIpc) is 2.68. The van der Waals surface area contributed by atoms with Gasteiger partial charge >= 0.3 is 0 Å². The lowest BCUT2D eigenvalue weighted by molar-refractivity contribution is 0.124. The molecule has 1 aliphatic carbocycles. The van der Waals surface area contributed by atoms with Gasteiger partial charge in [-0.25, -0.2) is 0 Å². The SMILES string of the molecule is COCC(C)NCC(O)CC1CCCC1. The van der Waals surface area contributed by atoms with Crippen molar-refractivity contribution >= 4 is 0 Å². The van der Waals surface area contributed by atoms with Crippen molar-refractivity contribution in [3.8, 4) is 0 Å². The monoisotopic (exact) mass is 215 g/mol. The minimum Gasteiger partial charge on any atom is -0.392 e. The largest absolute Gasteiger partial charge is 0.392 e. The normalized spacial score (nSPS) is 21.8. The summed E-state index contributed by atoms with van der Waals surface area (Å²) < 4.78 is 5.03. The number of hydrogen-bond acceptors (Lipinski definition) is 3. The molecule has 1 aliphatic rings. The number of aliphatic hydroxyl groups excluding tert-OH is 1. The van der Waals surface area contributed by atoms with Gasteiger partial charge in [0.25, 0.3) is 0 Å². The number of ether oxygens (including phenoxy) is 1. The van der Waals surface area contributed by atoms with E-state index in [1.807, 2.05) is 0 Å². The van der Waals surface area contributed by atoms with Crippen LogP contribution in [0.1, 0.15) is 39.0 Å². The molecule has 1 fully saturated rings. The van der Waals surface area contributed by atoms with Crippen LogP contribution in [0.15, 0.2) is 0 Å². The third-order valence-corrected chi connectivity index (χ3v) is 3.20. The molecule has 0 spiro atoms. The van der Waals surface area contributed by atoms with Gasteiger partial charge in [-0.1, -0.05) is 25.7 Å². The molecule has 0 aromatic rings. The van der Waals surface area contributed by atoms with Gasteiger partial charge in [0, 0.05) is 19.7 Å². The Hall–Kier alpha value is -0.120. The first-order valence-electron chi connectivity index (χ1n) is 6.12. The third kappa shape index (κ3) is 5.50. The van der Waals surface area contributed by atoms with Crippen LogP contribution in [0, 0.1) is 5.92 Å². The Morgan fingerprint density at radius 3 is 2.67 bits per heavy atom. The summed E-state index contributed by atoms with van der Waals surface area (Å²) in [5.41, 5.74) is 0. The van der Waals surface area contributed by atoms with E-state index < -0.39 is 0 Å². The highest BCUT2D eigenvalue weighted by Crippen LogP contribution is 2.28. The van der Waals surface area contributed by atoms with E-state index in [9.17, 15) is 5.11 Å². The number of nitrogens with one attached hydrogen (secondary N) is 1. The van der Waals surface area contributed by atoms with Crippen LogP contribution in [-0.2, 0) is 4.74 Å². The topological polar surface area (TPSA) is 41.5 Å². The molecule has 0 heterocycles. The predicted molar refractivity (Wildman–Crippen MR) is 61.9 cm³/mol. The highest BCUT2D eigenvalue weighted by atomic mass is 16.5. The summed E-state index contributed by atoms with van der Waals surface area (Å²) in [5.74, 6) is 0.763. The smallest absolute Gasteiger partial charge is 0.0667 e. The summed E-state index contributed by atoms with van der Waals surface area (Å²) in [6.07, 6.45) is 6.10. The summed E-state index contributed by atoms with van der Waals surface area (Å²) >= 11 is 0. The van der Waals surface area contributed by atoms with E-state index in [0.717, 1.165) is 12.3 Å². The molecule has 0 aromatic carbocycles. The molecule has 2 atom stereocenters. The number of hydrogen-bond donors (Lipinski definition) is 2. The molecular formula is C12H25NO2. The van der Waals surface area contributed by atoms with Crippen LogP contribution in [0.4, 0.5) is 0 Å². The van der Waals surface area contributed by atoms with Crippen LogP contribution in [0.3, 0.4) is 0 Å². The van der Waals surface area contributed by atoms with E-state index in [1.54, 1.807) is 7.11 Å². The van der Waals surface area contributed by atoms with Gasteiger partial charge in [-0.3, -0.25) is 0 Å². The number of rotatable bonds is 7. The van der Waals surface area contributed by atoms with E-state index in [1.165, 1.54) is 25.7 Å². The van der Waals surface area contributed by atoms with Crippen LogP contribution in [-0.4, -0.2) is 37.5 Å². The molecule has 3 nitrogen and oxygen atoms in total. The lowest BCUT2D eigenvalue weighted by Crippen LogP contribution is -2.36. The molecule has 0 saturated heterocycles. The molecule has 0 radical (unpaired) electrons. The maximum absolute atomic E-state index is 9.82. The maximum Gasteiger partial charge on any atom is 0.0667 e. The first kappa shape index (κ1) is 12.9. The summed E-state index contributed by atoms with van der Waals surface area (Å²) in [4.78, 5) is 0. The summed E-state index contributed by atoms with van der Waals surface area (Å²) in [6, 6.07) is 0.327. The molecule has 1 saturated carbocycles. The van der Waals surface area contributed by atoms with Crippen molar-refractivity contribution in [2.75, 3.05) is 20.3 Å². The lowest BCUT2D eigenvalue weighted by atomic mass is 10.00. The molecule has 2 N–H and O–H groups in total. The van der Waals surface area contributed by atoms with Crippen molar-refractivity contribution in [3.63, 3.8) is 0 Å². The Morgan fingerprint density at radius 2 is 2.07 bits per heavy atom. The van der Waals surface area contributed by atoms with Crippen LogP contribution in [0.5, 0.6) is 0 Å². The predicted octanol–water partition coefficient (Wildman–Crippen LogP) is 1.55. The van der Waals surface area contributed by atoms with Gasteiger partial charge in [0.2, 0.25) is 0 Å². The molecule has 0 aromatic heterocycles. The van der Waals surface area contributed by atoms with Gasteiger partial charge in [0.15, 0.2) is 0 Å².